The van der Waals surface area contributed by atoms with E-state index in [0.29, 0.717) is 23.9 Å². The number of benzene rings is 1. The van der Waals surface area contributed by atoms with E-state index in [1.165, 1.54) is 11.1 Å². The van der Waals surface area contributed by atoms with Crippen LogP contribution in [0.5, 0.6) is 0 Å². The fourth-order valence-electron chi connectivity index (χ4n) is 3.59. The summed E-state index contributed by atoms with van der Waals surface area (Å²) in [4.78, 5) is 2.69. The van der Waals surface area contributed by atoms with Crippen molar-refractivity contribution in [2.45, 2.75) is 38.6 Å². The summed E-state index contributed by atoms with van der Waals surface area (Å²) in [5.41, 5.74) is 3.42. The number of hydrogen-bond donors (Lipinski definition) is 0. The van der Waals surface area contributed by atoms with Crippen LogP contribution in [-0.2, 0) is 30.0 Å². The van der Waals surface area contributed by atoms with Crippen LogP contribution in [0.4, 0.5) is 0 Å². The molecule has 0 saturated carbocycles. The van der Waals surface area contributed by atoms with Gasteiger partial charge < -0.3 is 0 Å². The van der Waals surface area contributed by atoms with Gasteiger partial charge in [-0.25, -0.2) is 8.42 Å². The molecule has 0 spiro atoms. The lowest BCUT2D eigenvalue weighted by Gasteiger charge is -2.33. The van der Waals surface area contributed by atoms with E-state index in [0.717, 1.165) is 31.7 Å². The highest BCUT2D eigenvalue weighted by molar-refractivity contribution is 7.89. The molecule has 0 amide bonds. The molecule has 0 N–H and O–H groups in total. The first-order chi connectivity index (χ1) is 12.8. The topological polar surface area (TPSA) is 58.4 Å². The second-order valence-electron chi connectivity index (χ2n) is 7.84. The largest absolute Gasteiger partial charge is 0.296 e. The standard InChI is InChI=1S/C20H30N4O2S/c1-16(2)13-18-5-7-20(8-6-18)27(25,26)24-11-9-23(10-12-24)15-19-14-22(4)21-17(19)3/h5-8,14,16H,9-13,15H2,1-4H3. The molecule has 0 atom stereocenters. The fraction of sp³-hybridized carbons (Fsp3) is 0.550. The van der Waals surface area contributed by atoms with E-state index < -0.39 is 10.0 Å². The van der Waals surface area contributed by atoms with Gasteiger partial charge in [-0.1, -0.05) is 26.0 Å². The quantitative estimate of drug-likeness (QED) is 0.760. The molecule has 2 aromatic rings. The second-order valence-corrected chi connectivity index (χ2v) is 9.77. The van der Waals surface area contributed by atoms with Crippen LogP contribution in [0.1, 0.15) is 30.7 Å². The van der Waals surface area contributed by atoms with Gasteiger partial charge in [0.05, 0.1) is 10.6 Å². The molecule has 1 saturated heterocycles. The van der Waals surface area contributed by atoms with Crippen LogP contribution in [0.3, 0.4) is 0 Å². The zero-order valence-corrected chi connectivity index (χ0v) is 17.5. The van der Waals surface area contributed by atoms with Crippen molar-refractivity contribution in [2.24, 2.45) is 13.0 Å². The van der Waals surface area contributed by atoms with Crippen molar-refractivity contribution in [3.05, 3.63) is 47.3 Å². The van der Waals surface area contributed by atoms with Gasteiger partial charge in [-0.2, -0.15) is 9.40 Å². The highest BCUT2D eigenvalue weighted by atomic mass is 32.2. The zero-order valence-electron chi connectivity index (χ0n) is 16.7. The maximum atomic E-state index is 12.9. The van der Waals surface area contributed by atoms with Crippen molar-refractivity contribution in [1.82, 2.24) is 19.0 Å². The molecule has 0 radical (unpaired) electrons. The number of aryl methyl sites for hydroxylation is 2. The van der Waals surface area contributed by atoms with Crippen molar-refractivity contribution in [3.63, 3.8) is 0 Å². The summed E-state index contributed by atoms with van der Waals surface area (Å²) >= 11 is 0. The van der Waals surface area contributed by atoms with Gasteiger partial charge in [0.1, 0.15) is 0 Å². The predicted octanol–water partition coefficient (Wildman–Crippen LogP) is 2.43. The zero-order chi connectivity index (χ0) is 19.6. The molecule has 27 heavy (non-hydrogen) atoms. The molecule has 3 rings (SSSR count). The van der Waals surface area contributed by atoms with E-state index in [9.17, 15) is 8.42 Å². The molecule has 1 aliphatic heterocycles. The Hall–Kier alpha value is -1.70. The smallest absolute Gasteiger partial charge is 0.243 e. The lowest BCUT2D eigenvalue weighted by atomic mass is 10.0. The Morgan fingerprint density at radius 2 is 1.70 bits per heavy atom. The van der Waals surface area contributed by atoms with E-state index in [2.05, 4.69) is 23.8 Å². The summed E-state index contributed by atoms with van der Waals surface area (Å²) in [5.74, 6) is 0.559. The summed E-state index contributed by atoms with van der Waals surface area (Å²) in [5, 5.41) is 4.38. The number of sulfonamides is 1. The van der Waals surface area contributed by atoms with E-state index in [4.69, 9.17) is 0 Å². The van der Waals surface area contributed by atoms with Crippen molar-refractivity contribution in [1.29, 1.82) is 0 Å². The van der Waals surface area contributed by atoms with Crippen molar-refractivity contribution >= 4 is 10.0 Å². The average molecular weight is 391 g/mol. The number of aromatic nitrogens is 2. The van der Waals surface area contributed by atoms with Crippen LogP contribution in [-0.4, -0.2) is 53.6 Å². The van der Waals surface area contributed by atoms with Crippen LogP contribution >= 0.6 is 0 Å². The maximum absolute atomic E-state index is 12.9. The number of rotatable bonds is 6. The van der Waals surface area contributed by atoms with Gasteiger partial charge in [-0.15, -0.1) is 0 Å². The highest BCUT2D eigenvalue weighted by Crippen LogP contribution is 2.20. The van der Waals surface area contributed by atoms with E-state index >= 15 is 0 Å². The summed E-state index contributed by atoms with van der Waals surface area (Å²) in [7, 11) is -1.49. The minimum absolute atomic E-state index is 0.395. The Balaban J connectivity index is 1.61. The molecule has 6 nitrogen and oxygen atoms in total. The third-order valence-electron chi connectivity index (χ3n) is 5.05. The molecule has 1 aromatic heterocycles. The molecule has 1 aromatic carbocycles. The average Bonchev–Trinajstić information content (AvgIpc) is 2.92. The predicted molar refractivity (Wildman–Crippen MR) is 107 cm³/mol. The Labute approximate surface area is 162 Å². The Bertz CT molecular complexity index is 864. The minimum atomic E-state index is -3.42. The SMILES string of the molecule is Cc1nn(C)cc1CN1CCN(S(=O)(=O)c2ccc(CC(C)C)cc2)CC1. The van der Waals surface area contributed by atoms with Crippen molar-refractivity contribution < 1.29 is 8.42 Å². The van der Waals surface area contributed by atoms with Gasteiger partial charge in [0.25, 0.3) is 0 Å². The molecule has 148 valence electrons. The number of hydrogen-bond acceptors (Lipinski definition) is 4. The Kier molecular flexibility index (Phi) is 6.03. The van der Waals surface area contributed by atoms with Crippen LogP contribution in [0.2, 0.25) is 0 Å². The Morgan fingerprint density at radius 3 is 2.22 bits per heavy atom. The summed E-state index contributed by atoms with van der Waals surface area (Å²) in [6, 6.07) is 7.37. The molecule has 1 fully saturated rings. The second kappa shape index (κ2) is 8.12. The molecule has 7 heteroatoms. The van der Waals surface area contributed by atoms with Crippen LogP contribution in [0.25, 0.3) is 0 Å². The van der Waals surface area contributed by atoms with Gasteiger partial charge in [-0.3, -0.25) is 9.58 Å². The van der Waals surface area contributed by atoms with Gasteiger partial charge >= 0.3 is 0 Å². The maximum Gasteiger partial charge on any atom is 0.243 e. The summed E-state index contributed by atoms with van der Waals surface area (Å²) < 4.78 is 29.3. The number of nitrogens with zero attached hydrogens (tertiary/aromatic N) is 4. The molecule has 2 heterocycles. The van der Waals surface area contributed by atoms with Crippen molar-refractivity contribution in [2.75, 3.05) is 26.2 Å². The first-order valence-electron chi connectivity index (χ1n) is 9.56. The number of piperazine rings is 1. The molecular weight excluding hydrogens is 360 g/mol. The third-order valence-corrected chi connectivity index (χ3v) is 6.96. The first-order valence-corrected chi connectivity index (χ1v) is 11.0. The van der Waals surface area contributed by atoms with Crippen LogP contribution in [0, 0.1) is 12.8 Å². The van der Waals surface area contributed by atoms with Gasteiger partial charge in [0.2, 0.25) is 10.0 Å². The lowest BCUT2D eigenvalue weighted by Crippen LogP contribution is -2.48. The Morgan fingerprint density at radius 1 is 1.07 bits per heavy atom. The molecule has 1 aliphatic rings. The van der Waals surface area contributed by atoms with Gasteiger partial charge in [-0.05, 0) is 37.0 Å². The van der Waals surface area contributed by atoms with E-state index in [-0.39, 0.29) is 0 Å². The first kappa shape index (κ1) is 20.0. The van der Waals surface area contributed by atoms with Crippen molar-refractivity contribution in [3.8, 4) is 0 Å². The van der Waals surface area contributed by atoms with E-state index in [1.807, 2.05) is 37.0 Å². The van der Waals surface area contributed by atoms with Crippen LogP contribution < -0.4 is 0 Å². The summed E-state index contributed by atoms with van der Waals surface area (Å²) in [6.45, 7) is 9.67. The highest BCUT2D eigenvalue weighted by Gasteiger charge is 2.28. The molecular formula is C20H30N4O2S. The van der Waals surface area contributed by atoms with Crippen LogP contribution in [0.15, 0.2) is 35.4 Å². The normalized spacial score (nSPS) is 16.9. The molecule has 0 aliphatic carbocycles. The van der Waals surface area contributed by atoms with Gasteiger partial charge in [0.15, 0.2) is 0 Å². The monoisotopic (exact) mass is 390 g/mol. The minimum Gasteiger partial charge on any atom is -0.296 e. The van der Waals surface area contributed by atoms with Gasteiger partial charge in [0, 0.05) is 51.5 Å². The fourth-order valence-corrected chi connectivity index (χ4v) is 5.01. The third kappa shape index (κ3) is 4.78. The molecule has 0 unspecified atom stereocenters. The summed E-state index contributed by atoms with van der Waals surface area (Å²) in [6.07, 6.45) is 3.00. The lowest BCUT2D eigenvalue weighted by molar-refractivity contribution is 0.181. The molecule has 0 bridgehead atoms. The van der Waals surface area contributed by atoms with E-state index in [1.54, 1.807) is 16.4 Å².